The molecule has 5 heteroatoms. The topological polar surface area (TPSA) is 33.0 Å². The summed E-state index contributed by atoms with van der Waals surface area (Å²) < 4.78 is 5.64. The van der Waals surface area contributed by atoms with Crippen molar-refractivity contribution < 1.29 is 4.74 Å². The van der Waals surface area contributed by atoms with Gasteiger partial charge >= 0.3 is 0 Å². The highest BCUT2D eigenvalue weighted by Crippen LogP contribution is 2.34. The van der Waals surface area contributed by atoms with Gasteiger partial charge in [0.1, 0.15) is 17.6 Å². The molecule has 0 amide bonds. The molecule has 0 radical (unpaired) electrons. The van der Waals surface area contributed by atoms with E-state index >= 15 is 0 Å². The average molecular weight is 313 g/mol. The summed E-state index contributed by atoms with van der Waals surface area (Å²) in [4.78, 5) is 0. The van der Waals surface area contributed by atoms with Crippen molar-refractivity contribution in [2.75, 3.05) is 0 Å². The molecule has 2 rings (SSSR count). The van der Waals surface area contributed by atoms with Crippen LogP contribution >= 0.6 is 34.8 Å². The Morgan fingerprint density at radius 2 is 1.79 bits per heavy atom. The molecule has 2 nitrogen and oxygen atoms in total. The van der Waals surface area contributed by atoms with Crippen molar-refractivity contribution in [1.29, 1.82) is 5.26 Å². The molecule has 0 aliphatic carbocycles. The van der Waals surface area contributed by atoms with Gasteiger partial charge in [0.2, 0.25) is 0 Å². The van der Waals surface area contributed by atoms with Gasteiger partial charge in [-0.2, -0.15) is 5.26 Å². The lowest BCUT2D eigenvalue weighted by Crippen LogP contribution is -1.90. The SMILES string of the molecule is Cc1cc(Oc2ccc(Cl)cc2Cl)cc(Cl)c1C#N. The van der Waals surface area contributed by atoms with Crippen LogP contribution in [0.1, 0.15) is 11.1 Å². The van der Waals surface area contributed by atoms with E-state index < -0.39 is 0 Å². The Labute approximate surface area is 126 Å². The zero-order valence-electron chi connectivity index (χ0n) is 9.88. The Hall–Kier alpha value is -1.40. The first-order chi connectivity index (χ1) is 9.01. The number of rotatable bonds is 2. The van der Waals surface area contributed by atoms with Gasteiger partial charge in [0.15, 0.2) is 0 Å². The van der Waals surface area contributed by atoms with Gasteiger partial charge in [-0.15, -0.1) is 0 Å². The molecule has 96 valence electrons. The number of halogens is 3. The Balaban J connectivity index is 2.37. The van der Waals surface area contributed by atoms with Gasteiger partial charge in [0, 0.05) is 11.1 Å². The van der Waals surface area contributed by atoms with E-state index in [1.54, 1.807) is 37.3 Å². The van der Waals surface area contributed by atoms with Crippen molar-refractivity contribution in [3.05, 3.63) is 56.5 Å². The molecule has 0 fully saturated rings. The average Bonchev–Trinajstić information content (AvgIpc) is 2.32. The number of nitrogens with zero attached hydrogens (tertiary/aromatic N) is 1. The van der Waals surface area contributed by atoms with Crippen molar-refractivity contribution in [2.45, 2.75) is 6.92 Å². The second-order valence-corrected chi connectivity index (χ2v) is 5.14. The Morgan fingerprint density at radius 3 is 2.37 bits per heavy atom. The summed E-state index contributed by atoms with van der Waals surface area (Å²) in [5.41, 5.74) is 1.19. The van der Waals surface area contributed by atoms with Crippen LogP contribution in [0.15, 0.2) is 30.3 Å². The largest absolute Gasteiger partial charge is 0.456 e. The molecule has 2 aromatic carbocycles. The maximum Gasteiger partial charge on any atom is 0.146 e. The maximum atomic E-state index is 8.94. The predicted octanol–water partition coefficient (Wildman–Crippen LogP) is 5.62. The van der Waals surface area contributed by atoms with E-state index in [0.717, 1.165) is 5.56 Å². The number of hydrogen-bond acceptors (Lipinski definition) is 2. The van der Waals surface area contributed by atoms with Crippen LogP contribution in [0.4, 0.5) is 0 Å². The highest BCUT2D eigenvalue weighted by atomic mass is 35.5. The molecule has 0 aromatic heterocycles. The van der Waals surface area contributed by atoms with E-state index in [0.29, 0.717) is 32.1 Å². The highest BCUT2D eigenvalue weighted by molar-refractivity contribution is 6.35. The number of benzene rings is 2. The van der Waals surface area contributed by atoms with E-state index in [1.165, 1.54) is 0 Å². The monoisotopic (exact) mass is 311 g/mol. The summed E-state index contributed by atoms with van der Waals surface area (Å²) in [7, 11) is 0. The maximum absolute atomic E-state index is 8.94. The third-order valence-electron chi connectivity index (χ3n) is 2.49. The molecular formula is C14H8Cl3NO. The number of ether oxygens (including phenoxy) is 1. The van der Waals surface area contributed by atoms with Crippen LogP contribution in [0.3, 0.4) is 0 Å². The molecule has 19 heavy (non-hydrogen) atoms. The fraction of sp³-hybridized carbons (Fsp3) is 0.0714. The van der Waals surface area contributed by atoms with Crippen molar-refractivity contribution in [1.82, 2.24) is 0 Å². The predicted molar refractivity (Wildman–Crippen MR) is 77.4 cm³/mol. The second-order valence-electron chi connectivity index (χ2n) is 3.89. The van der Waals surface area contributed by atoms with Crippen molar-refractivity contribution >= 4 is 34.8 Å². The molecule has 0 aliphatic heterocycles. The van der Waals surface area contributed by atoms with Crippen molar-refractivity contribution in [3.63, 3.8) is 0 Å². The molecule has 0 saturated carbocycles. The molecule has 0 unspecified atom stereocenters. The van der Waals surface area contributed by atoms with Crippen LogP contribution in [-0.2, 0) is 0 Å². The smallest absolute Gasteiger partial charge is 0.146 e. The zero-order chi connectivity index (χ0) is 14.0. The van der Waals surface area contributed by atoms with Gasteiger partial charge in [-0.05, 0) is 36.8 Å². The van der Waals surface area contributed by atoms with Gasteiger partial charge in [-0.25, -0.2) is 0 Å². The normalized spacial score (nSPS) is 10.1. The summed E-state index contributed by atoms with van der Waals surface area (Å²) >= 11 is 17.8. The lowest BCUT2D eigenvalue weighted by Gasteiger charge is -2.10. The first-order valence-electron chi connectivity index (χ1n) is 5.34. The van der Waals surface area contributed by atoms with E-state index in [9.17, 15) is 0 Å². The number of hydrogen-bond donors (Lipinski definition) is 0. The van der Waals surface area contributed by atoms with Gasteiger partial charge in [-0.1, -0.05) is 34.8 Å². The summed E-state index contributed by atoms with van der Waals surface area (Å²) in [6.45, 7) is 1.79. The lowest BCUT2D eigenvalue weighted by molar-refractivity contribution is 0.482. The van der Waals surface area contributed by atoms with Crippen LogP contribution in [0.5, 0.6) is 11.5 Å². The minimum atomic E-state index is 0.350. The van der Waals surface area contributed by atoms with Crippen LogP contribution in [-0.4, -0.2) is 0 Å². The van der Waals surface area contributed by atoms with Crippen LogP contribution < -0.4 is 4.74 Å². The molecule has 0 atom stereocenters. The third kappa shape index (κ3) is 3.13. The standard InChI is InChI=1S/C14H8Cl3NO/c1-8-4-10(6-12(16)11(8)7-18)19-14-3-2-9(15)5-13(14)17/h2-6H,1H3. The second kappa shape index (κ2) is 5.71. The van der Waals surface area contributed by atoms with Crippen molar-refractivity contribution in [3.8, 4) is 17.6 Å². The van der Waals surface area contributed by atoms with Gasteiger partial charge in [0.05, 0.1) is 15.6 Å². The highest BCUT2D eigenvalue weighted by Gasteiger charge is 2.09. The van der Waals surface area contributed by atoms with E-state index in [1.807, 2.05) is 6.07 Å². The molecule has 0 N–H and O–H groups in total. The molecule has 2 aromatic rings. The van der Waals surface area contributed by atoms with Crippen molar-refractivity contribution in [2.24, 2.45) is 0 Å². The third-order valence-corrected chi connectivity index (χ3v) is 3.32. The summed E-state index contributed by atoms with van der Waals surface area (Å²) in [6.07, 6.45) is 0. The molecule has 0 heterocycles. The lowest BCUT2D eigenvalue weighted by atomic mass is 10.1. The molecule has 0 saturated heterocycles. The minimum Gasteiger partial charge on any atom is -0.456 e. The van der Waals surface area contributed by atoms with E-state index in [4.69, 9.17) is 44.8 Å². The number of aryl methyl sites for hydroxylation is 1. The molecule has 0 aliphatic rings. The molecule has 0 spiro atoms. The van der Waals surface area contributed by atoms with Gasteiger partial charge in [-0.3, -0.25) is 0 Å². The van der Waals surface area contributed by atoms with Crippen LogP contribution in [0.2, 0.25) is 15.1 Å². The van der Waals surface area contributed by atoms with Gasteiger partial charge in [0.25, 0.3) is 0 Å². The summed E-state index contributed by atoms with van der Waals surface area (Å²) in [5.74, 6) is 0.997. The zero-order valence-corrected chi connectivity index (χ0v) is 12.1. The fourth-order valence-corrected chi connectivity index (χ4v) is 2.34. The Kier molecular flexibility index (Phi) is 4.21. The van der Waals surface area contributed by atoms with Gasteiger partial charge < -0.3 is 4.74 Å². The van der Waals surface area contributed by atoms with Crippen LogP contribution in [0.25, 0.3) is 0 Å². The summed E-state index contributed by atoms with van der Waals surface area (Å²) in [5, 5.41) is 10.2. The first-order valence-corrected chi connectivity index (χ1v) is 6.48. The van der Waals surface area contributed by atoms with E-state index in [-0.39, 0.29) is 0 Å². The molecular weight excluding hydrogens is 305 g/mol. The number of nitriles is 1. The molecule has 0 bridgehead atoms. The summed E-state index contributed by atoms with van der Waals surface area (Å²) in [6, 6.07) is 10.3. The Morgan fingerprint density at radius 1 is 1.05 bits per heavy atom. The minimum absolute atomic E-state index is 0.350. The Bertz CT molecular complexity index is 654. The van der Waals surface area contributed by atoms with Crippen LogP contribution in [0, 0.1) is 18.3 Å². The first kappa shape index (κ1) is 14.0. The fourth-order valence-electron chi connectivity index (χ4n) is 1.60. The van der Waals surface area contributed by atoms with E-state index in [2.05, 4.69) is 0 Å². The quantitative estimate of drug-likeness (QED) is 0.721.